The Balaban J connectivity index is 1.21. The molecule has 0 spiro atoms. The monoisotopic (exact) mass is 432 g/mol. The van der Waals surface area contributed by atoms with Crippen LogP contribution in [-0.2, 0) is 0 Å². The zero-order valence-electron chi connectivity index (χ0n) is 18.7. The van der Waals surface area contributed by atoms with Gasteiger partial charge in [0.25, 0.3) is 5.91 Å². The number of piperidine rings is 1. The lowest BCUT2D eigenvalue weighted by atomic mass is 10.1. The number of anilines is 1. The van der Waals surface area contributed by atoms with Gasteiger partial charge in [-0.25, -0.2) is 0 Å². The van der Waals surface area contributed by atoms with E-state index < -0.39 is 0 Å². The molecule has 2 aromatic rings. The highest BCUT2D eigenvalue weighted by atomic mass is 16.5. The summed E-state index contributed by atoms with van der Waals surface area (Å²) >= 11 is 0. The van der Waals surface area contributed by atoms with Crippen LogP contribution in [0.25, 0.3) is 0 Å². The normalized spacial score (nSPS) is 17.1. The van der Waals surface area contributed by atoms with Gasteiger partial charge in [0, 0.05) is 44.0 Å². The Hall–Kier alpha value is -3.04. The number of likely N-dealkylation sites (tertiary alicyclic amines) is 1. The van der Waals surface area contributed by atoms with E-state index in [1.54, 1.807) is 0 Å². The summed E-state index contributed by atoms with van der Waals surface area (Å²) in [7, 11) is 0. The number of nitriles is 1. The number of piperazine rings is 1. The molecule has 2 saturated heterocycles. The molecule has 2 heterocycles. The number of ether oxygens (including phenoxy) is 1. The van der Waals surface area contributed by atoms with Gasteiger partial charge >= 0.3 is 0 Å². The molecular weight excluding hydrogens is 400 g/mol. The Labute approximate surface area is 191 Å². The molecule has 0 saturated carbocycles. The SMILES string of the molecule is N#Cc1ccc(N2CCN(C(=O)c3ccc(OCCCN4CCCCC4)cc3)CC2)cc1. The molecule has 0 radical (unpaired) electrons. The van der Waals surface area contributed by atoms with Crippen LogP contribution in [0, 0.1) is 11.3 Å². The molecule has 6 nitrogen and oxygen atoms in total. The maximum absolute atomic E-state index is 12.9. The number of hydrogen-bond donors (Lipinski definition) is 0. The lowest BCUT2D eigenvalue weighted by Crippen LogP contribution is -2.48. The van der Waals surface area contributed by atoms with E-state index in [-0.39, 0.29) is 5.91 Å². The quantitative estimate of drug-likeness (QED) is 0.623. The molecule has 2 fully saturated rings. The molecular formula is C26H32N4O2. The van der Waals surface area contributed by atoms with Crippen LogP contribution in [0.2, 0.25) is 0 Å². The Morgan fingerprint density at radius 2 is 1.56 bits per heavy atom. The zero-order valence-corrected chi connectivity index (χ0v) is 18.7. The largest absolute Gasteiger partial charge is 0.494 e. The van der Waals surface area contributed by atoms with Gasteiger partial charge in [0.1, 0.15) is 5.75 Å². The van der Waals surface area contributed by atoms with Crippen LogP contribution in [0.5, 0.6) is 5.75 Å². The van der Waals surface area contributed by atoms with Crippen molar-refractivity contribution < 1.29 is 9.53 Å². The predicted molar refractivity (Wildman–Crippen MR) is 126 cm³/mol. The fourth-order valence-corrected chi connectivity index (χ4v) is 4.45. The molecule has 0 aliphatic carbocycles. The number of carbonyl (C=O) groups is 1. The Morgan fingerprint density at radius 1 is 0.875 bits per heavy atom. The summed E-state index contributed by atoms with van der Waals surface area (Å²) in [6.45, 7) is 7.20. The first-order chi connectivity index (χ1) is 15.7. The molecule has 168 valence electrons. The van der Waals surface area contributed by atoms with Crippen molar-refractivity contribution in [1.82, 2.24) is 9.80 Å². The molecule has 2 aromatic carbocycles. The maximum atomic E-state index is 12.9. The number of carbonyl (C=O) groups excluding carboxylic acids is 1. The highest BCUT2D eigenvalue weighted by molar-refractivity contribution is 5.94. The molecule has 1 amide bonds. The van der Waals surface area contributed by atoms with Gasteiger partial charge in [0.05, 0.1) is 18.2 Å². The second kappa shape index (κ2) is 11.0. The van der Waals surface area contributed by atoms with Gasteiger partial charge in [-0.2, -0.15) is 5.26 Å². The van der Waals surface area contributed by atoms with E-state index in [0.29, 0.717) is 30.8 Å². The van der Waals surface area contributed by atoms with Gasteiger partial charge in [-0.05, 0) is 80.9 Å². The van der Waals surface area contributed by atoms with Gasteiger partial charge in [-0.3, -0.25) is 4.79 Å². The van der Waals surface area contributed by atoms with E-state index >= 15 is 0 Å². The first-order valence-corrected chi connectivity index (χ1v) is 11.7. The highest BCUT2D eigenvalue weighted by Gasteiger charge is 2.22. The van der Waals surface area contributed by atoms with E-state index in [9.17, 15) is 4.79 Å². The summed E-state index contributed by atoms with van der Waals surface area (Å²) < 4.78 is 5.88. The van der Waals surface area contributed by atoms with Crippen molar-refractivity contribution in [2.45, 2.75) is 25.7 Å². The van der Waals surface area contributed by atoms with Crippen LogP contribution in [0.15, 0.2) is 48.5 Å². The van der Waals surface area contributed by atoms with Gasteiger partial charge in [-0.1, -0.05) is 6.42 Å². The second-order valence-electron chi connectivity index (χ2n) is 8.57. The van der Waals surface area contributed by atoms with Crippen molar-refractivity contribution in [1.29, 1.82) is 5.26 Å². The first-order valence-electron chi connectivity index (χ1n) is 11.7. The van der Waals surface area contributed by atoms with E-state index in [1.165, 1.54) is 32.4 Å². The maximum Gasteiger partial charge on any atom is 0.253 e. The van der Waals surface area contributed by atoms with Crippen molar-refractivity contribution in [3.05, 3.63) is 59.7 Å². The van der Waals surface area contributed by atoms with Gasteiger partial charge in [0.2, 0.25) is 0 Å². The van der Waals surface area contributed by atoms with Crippen LogP contribution in [-0.4, -0.2) is 68.1 Å². The van der Waals surface area contributed by atoms with Crippen LogP contribution >= 0.6 is 0 Å². The van der Waals surface area contributed by atoms with E-state index in [0.717, 1.165) is 37.5 Å². The molecule has 0 N–H and O–H groups in total. The molecule has 0 aromatic heterocycles. The summed E-state index contributed by atoms with van der Waals surface area (Å²) in [6.07, 6.45) is 5.04. The van der Waals surface area contributed by atoms with Crippen molar-refractivity contribution in [2.24, 2.45) is 0 Å². The Kier molecular flexibility index (Phi) is 7.63. The minimum atomic E-state index is 0.0705. The third kappa shape index (κ3) is 5.80. The molecule has 4 rings (SSSR count). The van der Waals surface area contributed by atoms with E-state index in [1.807, 2.05) is 53.4 Å². The lowest BCUT2D eigenvalue weighted by Gasteiger charge is -2.36. The van der Waals surface area contributed by atoms with E-state index in [4.69, 9.17) is 10.00 Å². The third-order valence-electron chi connectivity index (χ3n) is 6.37. The topological polar surface area (TPSA) is 59.8 Å². The third-order valence-corrected chi connectivity index (χ3v) is 6.37. The zero-order chi connectivity index (χ0) is 22.2. The van der Waals surface area contributed by atoms with Crippen molar-refractivity contribution in [3.8, 4) is 11.8 Å². The average molecular weight is 433 g/mol. The fourth-order valence-electron chi connectivity index (χ4n) is 4.45. The number of nitrogens with zero attached hydrogens (tertiary/aromatic N) is 4. The lowest BCUT2D eigenvalue weighted by molar-refractivity contribution is 0.0746. The highest BCUT2D eigenvalue weighted by Crippen LogP contribution is 2.19. The molecule has 0 atom stereocenters. The molecule has 6 heteroatoms. The predicted octanol–water partition coefficient (Wildman–Crippen LogP) is 3.78. The van der Waals surface area contributed by atoms with Crippen LogP contribution in [0.3, 0.4) is 0 Å². The smallest absolute Gasteiger partial charge is 0.253 e. The van der Waals surface area contributed by atoms with Gasteiger partial charge < -0.3 is 19.4 Å². The number of amides is 1. The van der Waals surface area contributed by atoms with Crippen LogP contribution in [0.1, 0.15) is 41.6 Å². The molecule has 2 aliphatic heterocycles. The molecule has 2 aliphatic rings. The van der Waals surface area contributed by atoms with Crippen molar-refractivity contribution in [3.63, 3.8) is 0 Å². The summed E-state index contributed by atoms with van der Waals surface area (Å²) in [4.78, 5) is 19.6. The minimum Gasteiger partial charge on any atom is -0.494 e. The Bertz CT molecular complexity index is 906. The minimum absolute atomic E-state index is 0.0705. The standard InChI is InChI=1S/C26H32N4O2/c27-21-22-5-9-24(10-6-22)29-16-18-30(19-17-29)26(31)23-7-11-25(12-8-23)32-20-4-15-28-13-2-1-3-14-28/h5-12H,1-4,13-20H2. The number of rotatable bonds is 7. The summed E-state index contributed by atoms with van der Waals surface area (Å²) in [6, 6.07) is 17.3. The summed E-state index contributed by atoms with van der Waals surface area (Å²) in [5, 5.41) is 8.95. The first kappa shape index (κ1) is 22.2. The number of benzene rings is 2. The second-order valence-corrected chi connectivity index (χ2v) is 8.57. The van der Waals surface area contributed by atoms with E-state index in [2.05, 4.69) is 15.9 Å². The summed E-state index contributed by atoms with van der Waals surface area (Å²) in [5.41, 5.74) is 2.47. The molecule has 32 heavy (non-hydrogen) atoms. The van der Waals surface area contributed by atoms with Gasteiger partial charge in [0.15, 0.2) is 0 Å². The fraction of sp³-hybridized carbons (Fsp3) is 0.462. The van der Waals surface area contributed by atoms with Gasteiger partial charge in [-0.15, -0.1) is 0 Å². The Morgan fingerprint density at radius 3 is 2.22 bits per heavy atom. The summed E-state index contributed by atoms with van der Waals surface area (Å²) in [5.74, 6) is 0.895. The molecule has 0 bridgehead atoms. The van der Waals surface area contributed by atoms with Crippen LogP contribution in [0.4, 0.5) is 5.69 Å². The molecule has 0 unspecified atom stereocenters. The van der Waals surface area contributed by atoms with Crippen LogP contribution < -0.4 is 9.64 Å². The van der Waals surface area contributed by atoms with Crippen molar-refractivity contribution in [2.75, 3.05) is 57.3 Å². The van der Waals surface area contributed by atoms with Crippen molar-refractivity contribution >= 4 is 11.6 Å². The average Bonchev–Trinajstić information content (AvgIpc) is 2.87. The number of hydrogen-bond acceptors (Lipinski definition) is 5.